The van der Waals surface area contributed by atoms with Gasteiger partial charge in [-0.25, -0.2) is 0 Å². The first-order valence-corrected chi connectivity index (χ1v) is 6.73. The van der Waals surface area contributed by atoms with Crippen LogP contribution in [-0.2, 0) is 4.79 Å². The highest BCUT2D eigenvalue weighted by atomic mass is 35.5. The minimum absolute atomic E-state index is 0.104. The van der Waals surface area contributed by atoms with Crippen molar-refractivity contribution < 1.29 is 9.59 Å². The summed E-state index contributed by atoms with van der Waals surface area (Å²) in [6.07, 6.45) is 2.92. The van der Waals surface area contributed by atoms with E-state index in [-0.39, 0.29) is 12.5 Å². The molecule has 1 heterocycles. The van der Waals surface area contributed by atoms with Crippen molar-refractivity contribution in [2.45, 2.75) is 12.8 Å². The molecule has 5 heteroatoms. The van der Waals surface area contributed by atoms with Crippen LogP contribution in [0.4, 0.5) is 5.69 Å². The highest BCUT2D eigenvalue weighted by Gasteiger charge is 2.20. The summed E-state index contributed by atoms with van der Waals surface area (Å²) in [5, 5.41) is 0.519. The Morgan fingerprint density at radius 2 is 2.11 bits per heavy atom. The maximum absolute atomic E-state index is 12.1. The Balaban J connectivity index is 2.08. The molecule has 1 aromatic rings. The molecule has 4 nitrogen and oxygen atoms in total. The average molecular weight is 281 g/mol. The number of carbonyl (C=O) groups excluding carboxylic acids is 2. The lowest BCUT2D eigenvalue weighted by Gasteiger charge is -2.23. The third kappa shape index (κ3) is 3.26. The van der Waals surface area contributed by atoms with Gasteiger partial charge in [-0.2, -0.15) is 0 Å². The number of rotatable bonds is 4. The Morgan fingerprint density at radius 1 is 1.42 bits per heavy atom. The molecular formula is C14H17ClN2O2. The van der Waals surface area contributed by atoms with Crippen molar-refractivity contribution in [3.8, 4) is 0 Å². The molecule has 1 aromatic carbocycles. The second kappa shape index (κ2) is 6.06. The fourth-order valence-corrected chi connectivity index (χ4v) is 2.50. The van der Waals surface area contributed by atoms with E-state index in [1.54, 1.807) is 23.1 Å². The van der Waals surface area contributed by atoms with E-state index in [9.17, 15) is 9.59 Å². The average Bonchev–Trinajstić information content (AvgIpc) is 2.92. The van der Waals surface area contributed by atoms with Gasteiger partial charge in [-0.3, -0.25) is 9.59 Å². The number of aldehydes is 1. The second-order valence-corrected chi connectivity index (χ2v) is 5.20. The summed E-state index contributed by atoms with van der Waals surface area (Å²) < 4.78 is 0. The molecule has 0 aromatic heterocycles. The Bertz CT molecular complexity index is 484. The number of hydrogen-bond acceptors (Lipinski definition) is 3. The van der Waals surface area contributed by atoms with Gasteiger partial charge in [0.15, 0.2) is 6.29 Å². The summed E-state index contributed by atoms with van der Waals surface area (Å²) in [7, 11) is 1.81. The SMILES string of the molecule is CN(CC(=O)N1CCCC1)c1ccc(Cl)cc1C=O. The summed E-state index contributed by atoms with van der Waals surface area (Å²) in [6.45, 7) is 1.96. The van der Waals surface area contributed by atoms with Crippen LogP contribution in [0.25, 0.3) is 0 Å². The van der Waals surface area contributed by atoms with Crippen molar-refractivity contribution in [3.05, 3.63) is 28.8 Å². The lowest BCUT2D eigenvalue weighted by molar-refractivity contribution is -0.128. The van der Waals surface area contributed by atoms with E-state index in [1.165, 1.54) is 0 Å². The number of likely N-dealkylation sites (N-methyl/N-ethyl adjacent to an activating group) is 1. The molecule has 0 spiro atoms. The molecule has 2 rings (SSSR count). The van der Waals surface area contributed by atoms with Gasteiger partial charge in [-0.1, -0.05) is 11.6 Å². The van der Waals surface area contributed by atoms with E-state index in [0.29, 0.717) is 10.6 Å². The molecule has 0 saturated carbocycles. The zero-order chi connectivity index (χ0) is 13.8. The third-order valence-electron chi connectivity index (χ3n) is 3.36. The zero-order valence-corrected chi connectivity index (χ0v) is 11.7. The number of benzene rings is 1. The van der Waals surface area contributed by atoms with Crippen molar-refractivity contribution in [1.82, 2.24) is 4.90 Å². The van der Waals surface area contributed by atoms with Gasteiger partial charge < -0.3 is 9.80 Å². The fourth-order valence-electron chi connectivity index (χ4n) is 2.32. The molecule has 0 unspecified atom stereocenters. The standard InChI is InChI=1S/C14H17ClN2O2/c1-16(9-14(19)17-6-2-3-7-17)13-5-4-12(15)8-11(13)10-18/h4-5,8,10H,2-3,6-7,9H2,1H3. The minimum Gasteiger partial charge on any atom is -0.365 e. The molecule has 0 bridgehead atoms. The number of nitrogens with zero attached hydrogens (tertiary/aromatic N) is 2. The Labute approximate surface area is 117 Å². The molecular weight excluding hydrogens is 264 g/mol. The first-order chi connectivity index (χ1) is 9.11. The summed E-state index contributed by atoms with van der Waals surface area (Å²) in [5.41, 5.74) is 1.23. The summed E-state index contributed by atoms with van der Waals surface area (Å²) in [5.74, 6) is 0.104. The number of likely N-dealkylation sites (tertiary alicyclic amines) is 1. The van der Waals surface area contributed by atoms with Crippen LogP contribution in [0.1, 0.15) is 23.2 Å². The topological polar surface area (TPSA) is 40.6 Å². The molecule has 19 heavy (non-hydrogen) atoms. The molecule has 0 atom stereocenters. The van der Waals surface area contributed by atoms with Gasteiger partial charge in [0.1, 0.15) is 0 Å². The predicted octanol–water partition coefficient (Wildman–Crippen LogP) is 2.21. The fraction of sp³-hybridized carbons (Fsp3) is 0.429. The third-order valence-corrected chi connectivity index (χ3v) is 3.59. The highest BCUT2D eigenvalue weighted by Crippen LogP contribution is 2.22. The Hall–Kier alpha value is -1.55. The predicted molar refractivity (Wildman–Crippen MR) is 75.9 cm³/mol. The van der Waals surface area contributed by atoms with Crippen LogP contribution >= 0.6 is 11.6 Å². The first-order valence-electron chi connectivity index (χ1n) is 6.35. The summed E-state index contributed by atoms with van der Waals surface area (Å²) in [6, 6.07) is 5.10. The van der Waals surface area contributed by atoms with Gasteiger partial charge in [0.05, 0.1) is 6.54 Å². The van der Waals surface area contributed by atoms with E-state index in [0.717, 1.165) is 37.9 Å². The van der Waals surface area contributed by atoms with Crippen LogP contribution in [0, 0.1) is 0 Å². The number of anilines is 1. The molecule has 1 amide bonds. The van der Waals surface area contributed by atoms with Crippen LogP contribution in [0.2, 0.25) is 5.02 Å². The van der Waals surface area contributed by atoms with Gasteiger partial charge in [-0.05, 0) is 31.0 Å². The lowest BCUT2D eigenvalue weighted by Crippen LogP contribution is -2.37. The summed E-state index contributed by atoms with van der Waals surface area (Å²) >= 11 is 5.86. The molecule has 0 radical (unpaired) electrons. The molecule has 1 saturated heterocycles. The monoisotopic (exact) mass is 280 g/mol. The maximum Gasteiger partial charge on any atom is 0.242 e. The van der Waals surface area contributed by atoms with Crippen LogP contribution in [0.15, 0.2) is 18.2 Å². The second-order valence-electron chi connectivity index (χ2n) is 4.76. The quantitative estimate of drug-likeness (QED) is 0.794. The summed E-state index contributed by atoms with van der Waals surface area (Å²) in [4.78, 5) is 26.8. The van der Waals surface area contributed by atoms with E-state index in [1.807, 2.05) is 11.9 Å². The maximum atomic E-state index is 12.1. The van der Waals surface area contributed by atoms with Gasteiger partial charge in [0, 0.05) is 36.4 Å². The van der Waals surface area contributed by atoms with Crippen LogP contribution in [0.5, 0.6) is 0 Å². The van der Waals surface area contributed by atoms with E-state index in [2.05, 4.69) is 0 Å². The Morgan fingerprint density at radius 3 is 2.74 bits per heavy atom. The molecule has 0 N–H and O–H groups in total. The van der Waals surface area contributed by atoms with Gasteiger partial charge in [-0.15, -0.1) is 0 Å². The van der Waals surface area contributed by atoms with E-state index in [4.69, 9.17) is 11.6 Å². The smallest absolute Gasteiger partial charge is 0.242 e. The molecule has 0 aliphatic carbocycles. The van der Waals surface area contributed by atoms with Gasteiger partial charge in [0.2, 0.25) is 5.91 Å². The van der Waals surface area contributed by atoms with Crippen molar-refractivity contribution >= 4 is 29.5 Å². The molecule has 1 aliphatic rings. The van der Waals surface area contributed by atoms with Gasteiger partial charge >= 0.3 is 0 Å². The van der Waals surface area contributed by atoms with Gasteiger partial charge in [0.25, 0.3) is 0 Å². The Kier molecular flexibility index (Phi) is 4.43. The van der Waals surface area contributed by atoms with Crippen LogP contribution in [0.3, 0.4) is 0 Å². The number of hydrogen-bond donors (Lipinski definition) is 0. The van der Waals surface area contributed by atoms with Crippen LogP contribution < -0.4 is 4.90 Å². The van der Waals surface area contributed by atoms with E-state index < -0.39 is 0 Å². The molecule has 1 aliphatic heterocycles. The minimum atomic E-state index is 0.104. The number of carbonyl (C=O) groups is 2. The van der Waals surface area contributed by atoms with Crippen molar-refractivity contribution in [3.63, 3.8) is 0 Å². The number of amides is 1. The lowest BCUT2D eigenvalue weighted by atomic mass is 10.2. The zero-order valence-electron chi connectivity index (χ0n) is 10.9. The molecule has 1 fully saturated rings. The van der Waals surface area contributed by atoms with Crippen LogP contribution in [-0.4, -0.2) is 43.8 Å². The molecule has 102 valence electrons. The van der Waals surface area contributed by atoms with Crippen molar-refractivity contribution in [2.24, 2.45) is 0 Å². The van der Waals surface area contributed by atoms with Crippen molar-refractivity contribution in [2.75, 3.05) is 31.6 Å². The van der Waals surface area contributed by atoms with E-state index >= 15 is 0 Å². The van der Waals surface area contributed by atoms with Crippen molar-refractivity contribution in [1.29, 1.82) is 0 Å². The highest BCUT2D eigenvalue weighted by molar-refractivity contribution is 6.31. The normalized spacial score (nSPS) is 14.5. The first kappa shape index (κ1) is 13.9. The largest absolute Gasteiger partial charge is 0.365 e. The number of halogens is 1.